The van der Waals surface area contributed by atoms with Crippen LogP contribution in [0.15, 0.2) is 24.3 Å². The van der Waals surface area contributed by atoms with Crippen molar-refractivity contribution in [3.8, 4) is 6.07 Å². The van der Waals surface area contributed by atoms with Gasteiger partial charge in [0.05, 0.1) is 18.2 Å². The summed E-state index contributed by atoms with van der Waals surface area (Å²) in [4.78, 5) is 22.1. The molecule has 0 aliphatic rings. The van der Waals surface area contributed by atoms with Gasteiger partial charge in [0.15, 0.2) is 6.10 Å². The highest BCUT2D eigenvalue weighted by molar-refractivity contribution is 5.89. The molecule has 1 aromatic rings. The third kappa shape index (κ3) is 4.65. The van der Waals surface area contributed by atoms with E-state index in [0.29, 0.717) is 11.3 Å². The van der Waals surface area contributed by atoms with Crippen molar-refractivity contribution >= 4 is 17.7 Å². The summed E-state index contributed by atoms with van der Waals surface area (Å²) in [6, 6.07) is 7.68. The molecule has 7 nitrogen and oxygen atoms in total. The number of nitrogens with one attached hydrogen (secondary N) is 2. The normalized spacial score (nSPS) is 11.2. The van der Waals surface area contributed by atoms with Crippen molar-refractivity contribution in [3.05, 3.63) is 29.8 Å². The first-order valence-electron chi connectivity index (χ1n) is 5.37. The standard InChI is InChI=1S/C12H13N3O4/c1-19-10(11(16)17)7-14-12(18)15-9-4-2-8(6-13)3-5-9/h2-5,10H,7H2,1H3,(H,16,17)(H2,14,15,18). The van der Waals surface area contributed by atoms with Gasteiger partial charge in [0, 0.05) is 12.8 Å². The number of carboxylic acids is 1. The van der Waals surface area contributed by atoms with Gasteiger partial charge in [-0.1, -0.05) is 0 Å². The summed E-state index contributed by atoms with van der Waals surface area (Å²) in [6.07, 6.45) is -1.09. The number of rotatable bonds is 5. The molecule has 0 aliphatic carbocycles. The average molecular weight is 263 g/mol. The van der Waals surface area contributed by atoms with E-state index in [1.54, 1.807) is 24.3 Å². The Hall–Kier alpha value is -2.59. The maximum absolute atomic E-state index is 11.5. The quantitative estimate of drug-likeness (QED) is 0.726. The van der Waals surface area contributed by atoms with Gasteiger partial charge in [0.25, 0.3) is 0 Å². The Balaban J connectivity index is 2.46. The van der Waals surface area contributed by atoms with Gasteiger partial charge in [-0.3, -0.25) is 0 Å². The van der Waals surface area contributed by atoms with E-state index < -0.39 is 18.1 Å². The lowest BCUT2D eigenvalue weighted by atomic mass is 10.2. The number of hydrogen-bond donors (Lipinski definition) is 3. The van der Waals surface area contributed by atoms with Crippen molar-refractivity contribution in [2.45, 2.75) is 6.10 Å². The number of anilines is 1. The molecule has 0 aliphatic heterocycles. The lowest BCUT2D eigenvalue weighted by Crippen LogP contribution is -2.39. The Morgan fingerprint density at radius 1 is 1.42 bits per heavy atom. The van der Waals surface area contributed by atoms with E-state index >= 15 is 0 Å². The molecule has 0 saturated heterocycles. The van der Waals surface area contributed by atoms with Gasteiger partial charge in [0.1, 0.15) is 0 Å². The smallest absolute Gasteiger partial charge is 0.334 e. The summed E-state index contributed by atoms with van der Waals surface area (Å²) in [5, 5.41) is 22.2. The minimum Gasteiger partial charge on any atom is -0.479 e. The number of aliphatic carboxylic acids is 1. The molecular weight excluding hydrogens is 250 g/mol. The fourth-order valence-corrected chi connectivity index (χ4v) is 1.26. The van der Waals surface area contributed by atoms with Crippen LogP contribution < -0.4 is 10.6 Å². The lowest BCUT2D eigenvalue weighted by Gasteiger charge is -2.12. The molecule has 0 saturated carbocycles. The van der Waals surface area contributed by atoms with E-state index in [9.17, 15) is 9.59 Å². The van der Waals surface area contributed by atoms with Crippen molar-refractivity contribution in [1.82, 2.24) is 5.32 Å². The second-order valence-electron chi connectivity index (χ2n) is 3.59. The molecule has 19 heavy (non-hydrogen) atoms. The van der Waals surface area contributed by atoms with E-state index in [-0.39, 0.29) is 6.54 Å². The van der Waals surface area contributed by atoms with Crippen LogP contribution in [0.5, 0.6) is 0 Å². The number of methoxy groups -OCH3 is 1. The van der Waals surface area contributed by atoms with E-state index in [0.717, 1.165) is 0 Å². The van der Waals surface area contributed by atoms with Crippen LogP contribution in [0.3, 0.4) is 0 Å². The first kappa shape index (κ1) is 14.5. The van der Waals surface area contributed by atoms with Crippen LogP contribution in [0.2, 0.25) is 0 Å². The molecule has 0 spiro atoms. The number of carboxylic acid groups (broad SMARTS) is 1. The molecule has 0 aromatic heterocycles. The molecule has 0 radical (unpaired) electrons. The number of hydrogen-bond acceptors (Lipinski definition) is 4. The summed E-state index contributed by atoms with van der Waals surface area (Å²) in [5.74, 6) is -1.15. The lowest BCUT2D eigenvalue weighted by molar-refractivity contribution is -0.147. The molecule has 1 rings (SSSR count). The molecule has 3 N–H and O–H groups in total. The molecule has 0 heterocycles. The monoisotopic (exact) mass is 263 g/mol. The molecule has 0 bridgehead atoms. The van der Waals surface area contributed by atoms with Crippen LogP contribution in [0, 0.1) is 11.3 Å². The summed E-state index contributed by atoms with van der Waals surface area (Å²) >= 11 is 0. The van der Waals surface area contributed by atoms with Crippen LogP contribution in [0.4, 0.5) is 10.5 Å². The average Bonchev–Trinajstić information content (AvgIpc) is 2.40. The number of benzene rings is 1. The highest BCUT2D eigenvalue weighted by Crippen LogP contribution is 2.08. The maximum Gasteiger partial charge on any atom is 0.334 e. The fraction of sp³-hybridized carbons (Fsp3) is 0.250. The zero-order valence-electron chi connectivity index (χ0n) is 10.2. The van der Waals surface area contributed by atoms with Crippen molar-refractivity contribution in [2.24, 2.45) is 0 Å². The van der Waals surface area contributed by atoms with Gasteiger partial charge >= 0.3 is 12.0 Å². The van der Waals surface area contributed by atoms with Crippen LogP contribution in [-0.2, 0) is 9.53 Å². The Morgan fingerprint density at radius 3 is 2.53 bits per heavy atom. The predicted molar refractivity (Wildman–Crippen MR) is 66.6 cm³/mol. The first-order chi connectivity index (χ1) is 9.06. The van der Waals surface area contributed by atoms with Gasteiger partial charge in [-0.2, -0.15) is 5.26 Å². The molecular formula is C12H13N3O4. The number of urea groups is 1. The SMILES string of the molecule is COC(CNC(=O)Nc1ccc(C#N)cc1)C(=O)O. The predicted octanol–water partition coefficient (Wildman–Crippen LogP) is 0.779. The van der Waals surface area contributed by atoms with Crippen LogP contribution >= 0.6 is 0 Å². The number of carbonyl (C=O) groups excluding carboxylic acids is 1. The van der Waals surface area contributed by atoms with Gasteiger partial charge in [-0.25, -0.2) is 9.59 Å². The fourth-order valence-electron chi connectivity index (χ4n) is 1.26. The van der Waals surface area contributed by atoms with Gasteiger partial charge in [-0.15, -0.1) is 0 Å². The molecule has 2 amide bonds. The molecule has 1 atom stereocenters. The second-order valence-corrected chi connectivity index (χ2v) is 3.59. The Bertz CT molecular complexity index is 493. The van der Waals surface area contributed by atoms with Crippen molar-refractivity contribution in [2.75, 3.05) is 19.0 Å². The largest absolute Gasteiger partial charge is 0.479 e. The molecule has 1 aromatic carbocycles. The summed E-state index contributed by atoms with van der Waals surface area (Å²) in [5.41, 5.74) is 0.983. The van der Waals surface area contributed by atoms with Crippen molar-refractivity contribution in [3.63, 3.8) is 0 Å². The Labute approximate surface area is 109 Å². The zero-order chi connectivity index (χ0) is 14.3. The van der Waals surface area contributed by atoms with Gasteiger partial charge < -0.3 is 20.5 Å². The Kier molecular flexibility index (Phi) is 5.32. The van der Waals surface area contributed by atoms with Gasteiger partial charge in [0.2, 0.25) is 0 Å². The highest BCUT2D eigenvalue weighted by Gasteiger charge is 2.16. The molecule has 7 heteroatoms. The first-order valence-corrected chi connectivity index (χ1v) is 5.37. The third-order valence-electron chi connectivity index (χ3n) is 2.28. The van der Waals surface area contributed by atoms with Crippen molar-refractivity contribution < 1.29 is 19.4 Å². The second kappa shape index (κ2) is 6.98. The van der Waals surface area contributed by atoms with E-state index in [4.69, 9.17) is 10.4 Å². The maximum atomic E-state index is 11.5. The third-order valence-corrected chi connectivity index (χ3v) is 2.28. The zero-order valence-corrected chi connectivity index (χ0v) is 10.2. The number of nitrogens with zero attached hydrogens (tertiary/aromatic N) is 1. The molecule has 100 valence electrons. The van der Waals surface area contributed by atoms with Gasteiger partial charge in [-0.05, 0) is 24.3 Å². The summed E-state index contributed by atoms with van der Waals surface area (Å²) in [6.45, 7) is -0.145. The summed E-state index contributed by atoms with van der Waals surface area (Å²) < 4.78 is 4.66. The molecule has 1 unspecified atom stereocenters. The minimum atomic E-state index is -1.15. The van der Waals surface area contributed by atoms with E-state index in [1.807, 2.05) is 6.07 Å². The number of amides is 2. The Morgan fingerprint density at radius 2 is 2.05 bits per heavy atom. The molecule has 0 fully saturated rings. The van der Waals surface area contributed by atoms with Crippen LogP contribution in [0.1, 0.15) is 5.56 Å². The van der Waals surface area contributed by atoms with E-state index in [2.05, 4.69) is 15.4 Å². The number of ether oxygens (including phenoxy) is 1. The highest BCUT2D eigenvalue weighted by atomic mass is 16.5. The van der Waals surface area contributed by atoms with Crippen molar-refractivity contribution in [1.29, 1.82) is 5.26 Å². The topological polar surface area (TPSA) is 111 Å². The summed E-state index contributed by atoms with van der Waals surface area (Å²) in [7, 11) is 1.25. The van der Waals surface area contributed by atoms with Crippen LogP contribution in [-0.4, -0.2) is 36.9 Å². The minimum absolute atomic E-state index is 0.145. The number of nitriles is 1. The van der Waals surface area contributed by atoms with Crippen LogP contribution in [0.25, 0.3) is 0 Å². The number of carbonyl (C=O) groups is 2. The van der Waals surface area contributed by atoms with E-state index in [1.165, 1.54) is 7.11 Å².